The van der Waals surface area contributed by atoms with Gasteiger partial charge in [0.15, 0.2) is 5.16 Å². The van der Waals surface area contributed by atoms with Crippen LogP contribution in [0.5, 0.6) is 0 Å². The molecule has 1 aliphatic rings. The van der Waals surface area contributed by atoms with Gasteiger partial charge in [0, 0.05) is 25.0 Å². The van der Waals surface area contributed by atoms with E-state index in [2.05, 4.69) is 28.6 Å². The minimum absolute atomic E-state index is 0.357. The molecule has 0 aliphatic carbocycles. The lowest BCUT2D eigenvalue weighted by Gasteiger charge is -2.21. The molecule has 0 aromatic carbocycles. The Morgan fingerprint density at radius 2 is 2.11 bits per heavy atom. The number of hydrogen-bond donors (Lipinski definition) is 1. The number of nitrogens with two attached hydrogens (primary N) is 1. The molecule has 1 aromatic heterocycles. The lowest BCUT2D eigenvalue weighted by atomic mass is 10.0. The zero-order valence-corrected chi connectivity index (χ0v) is 11.9. The Morgan fingerprint density at radius 1 is 1.39 bits per heavy atom. The summed E-state index contributed by atoms with van der Waals surface area (Å²) in [5, 5.41) is 9.42. The Bertz CT molecular complexity index is 374. The fourth-order valence-corrected chi connectivity index (χ4v) is 3.44. The van der Waals surface area contributed by atoms with Crippen LogP contribution in [-0.2, 0) is 11.3 Å². The molecular weight excluding hydrogens is 248 g/mol. The molecule has 18 heavy (non-hydrogen) atoms. The molecule has 2 heterocycles. The molecule has 1 saturated heterocycles. The molecule has 0 saturated carbocycles. The van der Waals surface area contributed by atoms with Gasteiger partial charge in [-0.1, -0.05) is 11.8 Å². The van der Waals surface area contributed by atoms with E-state index < -0.39 is 0 Å². The standard InChI is InChI=1S/C12H22N4OS/c1-9(2)16-11(7-13)14-15-12(16)18-8-10-3-5-17-6-4-10/h9-10H,3-8,13H2,1-2H3. The minimum Gasteiger partial charge on any atom is -0.381 e. The summed E-state index contributed by atoms with van der Waals surface area (Å²) in [6.07, 6.45) is 2.32. The van der Waals surface area contributed by atoms with E-state index in [1.165, 1.54) is 0 Å². The zero-order valence-electron chi connectivity index (χ0n) is 11.1. The van der Waals surface area contributed by atoms with Gasteiger partial charge in [-0.2, -0.15) is 0 Å². The van der Waals surface area contributed by atoms with Crippen molar-refractivity contribution in [2.24, 2.45) is 11.7 Å². The molecule has 0 bridgehead atoms. The highest BCUT2D eigenvalue weighted by Crippen LogP contribution is 2.26. The molecule has 0 amide bonds. The van der Waals surface area contributed by atoms with Crippen molar-refractivity contribution in [2.45, 2.75) is 44.4 Å². The summed E-state index contributed by atoms with van der Waals surface area (Å²) < 4.78 is 7.52. The predicted octanol–water partition coefficient (Wildman–Crippen LogP) is 1.84. The summed E-state index contributed by atoms with van der Waals surface area (Å²) >= 11 is 1.80. The van der Waals surface area contributed by atoms with Crippen molar-refractivity contribution in [2.75, 3.05) is 19.0 Å². The lowest BCUT2D eigenvalue weighted by molar-refractivity contribution is 0.0727. The van der Waals surface area contributed by atoms with Gasteiger partial charge in [0.25, 0.3) is 0 Å². The van der Waals surface area contributed by atoms with Crippen LogP contribution in [0.15, 0.2) is 5.16 Å². The minimum atomic E-state index is 0.357. The smallest absolute Gasteiger partial charge is 0.191 e. The first-order chi connectivity index (χ1) is 8.72. The van der Waals surface area contributed by atoms with Crippen molar-refractivity contribution >= 4 is 11.8 Å². The van der Waals surface area contributed by atoms with Gasteiger partial charge in [-0.05, 0) is 32.6 Å². The highest BCUT2D eigenvalue weighted by atomic mass is 32.2. The highest BCUT2D eigenvalue weighted by molar-refractivity contribution is 7.99. The molecule has 0 unspecified atom stereocenters. The number of ether oxygens (including phenoxy) is 1. The second-order valence-corrected chi connectivity index (χ2v) is 5.92. The van der Waals surface area contributed by atoms with Crippen molar-refractivity contribution in [3.05, 3.63) is 5.82 Å². The first-order valence-electron chi connectivity index (χ1n) is 6.56. The molecule has 2 rings (SSSR count). The third-order valence-electron chi connectivity index (χ3n) is 3.22. The quantitative estimate of drug-likeness (QED) is 0.827. The molecule has 0 spiro atoms. The molecular formula is C12H22N4OS. The second-order valence-electron chi connectivity index (χ2n) is 4.93. The van der Waals surface area contributed by atoms with E-state index in [1.807, 2.05) is 0 Å². The Morgan fingerprint density at radius 3 is 2.72 bits per heavy atom. The summed E-state index contributed by atoms with van der Waals surface area (Å²) in [4.78, 5) is 0. The van der Waals surface area contributed by atoms with Gasteiger partial charge in [-0.3, -0.25) is 0 Å². The van der Waals surface area contributed by atoms with Gasteiger partial charge in [0.1, 0.15) is 5.82 Å². The summed E-state index contributed by atoms with van der Waals surface area (Å²) in [5.74, 6) is 2.71. The number of hydrogen-bond acceptors (Lipinski definition) is 5. The number of thioether (sulfide) groups is 1. The zero-order chi connectivity index (χ0) is 13.0. The monoisotopic (exact) mass is 270 g/mol. The molecule has 1 aromatic rings. The maximum atomic E-state index is 5.69. The number of aromatic nitrogens is 3. The van der Waals surface area contributed by atoms with Gasteiger partial charge < -0.3 is 15.0 Å². The fraction of sp³-hybridized carbons (Fsp3) is 0.833. The van der Waals surface area contributed by atoms with Crippen LogP contribution in [0.3, 0.4) is 0 Å². The average Bonchev–Trinajstić information content (AvgIpc) is 2.80. The molecule has 0 radical (unpaired) electrons. The van der Waals surface area contributed by atoms with Crippen LogP contribution < -0.4 is 5.73 Å². The summed E-state index contributed by atoms with van der Waals surface area (Å²) in [6, 6.07) is 0.357. The Labute approximate surface area is 112 Å². The van der Waals surface area contributed by atoms with Gasteiger partial charge >= 0.3 is 0 Å². The van der Waals surface area contributed by atoms with Gasteiger partial charge in [-0.25, -0.2) is 0 Å². The molecule has 1 aliphatic heterocycles. The molecule has 2 N–H and O–H groups in total. The van der Waals surface area contributed by atoms with E-state index in [0.29, 0.717) is 12.6 Å². The maximum absolute atomic E-state index is 5.69. The van der Waals surface area contributed by atoms with Crippen molar-refractivity contribution in [3.8, 4) is 0 Å². The SMILES string of the molecule is CC(C)n1c(CN)nnc1SCC1CCOCC1. The van der Waals surface area contributed by atoms with Crippen LogP contribution in [0.4, 0.5) is 0 Å². The third kappa shape index (κ3) is 3.24. The topological polar surface area (TPSA) is 66.0 Å². The van der Waals surface area contributed by atoms with E-state index in [-0.39, 0.29) is 0 Å². The van der Waals surface area contributed by atoms with E-state index >= 15 is 0 Å². The number of nitrogens with zero attached hydrogens (tertiary/aromatic N) is 3. The highest BCUT2D eigenvalue weighted by Gasteiger charge is 2.18. The van der Waals surface area contributed by atoms with Crippen LogP contribution in [0.25, 0.3) is 0 Å². The number of rotatable bonds is 5. The van der Waals surface area contributed by atoms with Gasteiger partial charge in [-0.15, -0.1) is 10.2 Å². The molecule has 102 valence electrons. The lowest BCUT2D eigenvalue weighted by Crippen LogP contribution is -2.18. The first-order valence-corrected chi connectivity index (χ1v) is 7.55. The largest absolute Gasteiger partial charge is 0.381 e. The second kappa shape index (κ2) is 6.54. The summed E-state index contributed by atoms with van der Waals surface area (Å²) in [7, 11) is 0. The van der Waals surface area contributed by atoms with Crippen LogP contribution in [0.1, 0.15) is 38.6 Å². The fourth-order valence-electron chi connectivity index (χ4n) is 2.17. The van der Waals surface area contributed by atoms with Gasteiger partial charge in [0.2, 0.25) is 0 Å². The van der Waals surface area contributed by atoms with Crippen LogP contribution in [-0.4, -0.2) is 33.7 Å². The summed E-state index contributed by atoms with van der Waals surface area (Å²) in [6.45, 7) is 6.53. The Balaban J connectivity index is 1.97. The van der Waals surface area contributed by atoms with Crippen molar-refractivity contribution in [3.63, 3.8) is 0 Å². The van der Waals surface area contributed by atoms with Crippen molar-refractivity contribution in [1.82, 2.24) is 14.8 Å². The maximum Gasteiger partial charge on any atom is 0.191 e. The summed E-state index contributed by atoms with van der Waals surface area (Å²) in [5.41, 5.74) is 5.69. The molecule has 1 fully saturated rings. The van der Waals surface area contributed by atoms with Crippen LogP contribution in [0.2, 0.25) is 0 Å². The van der Waals surface area contributed by atoms with Gasteiger partial charge in [0.05, 0.1) is 6.54 Å². The Hall–Kier alpha value is -0.590. The molecule has 5 nitrogen and oxygen atoms in total. The Kier molecular flexibility index (Phi) is 5.03. The third-order valence-corrected chi connectivity index (χ3v) is 4.40. The predicted molar refractivity (Wildman–Crippen MR) is 72.6 cm³/mol. The van der Waals surface area contributed by atoms with E-state index in [4.69, 9.17) is 10.5 Å². The van der Waals surface area contributed by atoms with Crippen molar-refractivity contribution < 1.29 is 4.74 Å². The first kappa shape index (κ1) is 13.8. The van der Waals surface area contributed by atoms with E-state index in [0.717, 1.165) is 48.7 Å². The van der Waals surface area contributed by atoms with Crippen molar-refractivity contribution in [1.29, 1.82) is 0 Å². The molecule has 0 atom stereocenters. The molecule has 6 heteroatoms. The van der Waals surface area contributed by atoms with E-state index in [9.17, 15) is 0 Å². The van der Waals surface area contributed by atoms with E-state index in [1.54, 1.807) is 11.8 Å². The normalized spacial score (nSPS) is 17.6. The van der Waals surface area contributed by atoms with Crippen LogP contribution >= 0.6 is 11.8 Å². The average molecular weight is 270 g/mol. The van der Waals surface area contributed by atoms with Crippen LogP contribution in [0, 0.1) is 5.92 Å².